The van der Waals surface area contributed by atoms with E-state index >= 15 is 0 Å². The Bertz CT molecular complexity index is 689. The predicted molar refractivity (Wildman–Crippen MR) is 82.2 cm³/mol. The zero-order valence-electron chi connectivity index (χ0n) is 12.5. The number of para-hydroxylation sites is 1. The van der Waals surface area contributed by atoms with E-state index in [1.165, 1.54) is 0 Å². The fraction of sp³-hybridized carbons (Fsp3) is 0.444. The molecule has 2 N–H and O–H groups in total. The number of aliphatic carboxylic acids is 1. The van der Waals surface area contributed by atoms with Gasteiger partial charge in [0.25, 0.3) is 0 Å². The summed E-state index contributed by atoms with van der Waals surface area (Å²) in [6.07, 6.45) is 6.22. The smallest absolute Gasteiger partial charge is 0.307 e. The molecule has 0 aliphatic heterocycles. The van der Waals surface area contributed by atoms with Crippen molar-refractivity contribution in [2.75, 3.05) is 5.32 Å². The standard InChI is InChI=1S/C18H19NO3/c1-10-4-2-3-5-13(10)19-16(20)14-11-6-7-12(15(14)17(21)22)18(11)8-9-18/h2-7,11-12,14-15H,8-9H2,1H3,(H,19,20)(H,21,22)/t11-,12-,14+,15-/m0/s1. The highest BCUT2D eigenvalue weighted by Gasteiger charge is 2.70. The molecule has 1 aromatic carbocycles. The summed E-state index contributed by atoms with van der Waals surface area (Å²) in [5, 5.41) is 12.6. The Kier molecular flexibility index (Phi) is 2.74. The highest BCUT2D eigenvalue weighted by molar-refractivity contribution is 5.97. The number of carboxylic acids is 1. The zero-order valence-corrected chi connectivity index (χ0v) is 12.5. The average molecular weight is 297 g/mol. The molecule has 1 amide bonds. The number of benzene rings is 1. The molecule has 4 heteroatoms. The van der Waals surface area contributed by atoms with Gasteiger partial charge in [0.1, 0.15) is 0 Å². The van der Waals surface area contributed by atoms with Gasteiger partial charge in [0, 0.05) is 5.69 Å². The maximum absolute atomic E-state index is 12.8. The van der Waals surface area contributed by atoms with Gasteiger partial charge in [-0.1, -0.05) is 30.4 Å². The Morgan fingerprint density at radius 3 is 2.36 bits per heavy atom. The van der Waals surface area contributed by atoms with E-state index in [0.29, 0.717) is 0 Å². The number of rotatable bonds is 3. The molecular formula is C18H19NO3. The van der Waals surface area contributed by atoms with E-state index in [4.69, 9.17) is 0 Å². The monoisotopic (exact) mass is 297 g/mol. The lowest BCUT2D eigenvalue weighted by atomic mass is 9.82. The van der Waals surface area contributed by atoms with E-state index < -0.39 is 17.8 Å². The van der Waals surface area contributed by atoms with Gasteiger partial charge in [-0.2, -0.15) is 0 Å². The molecule has 0 radical (unpaired) electrons. The van der Waals surface area contributed by atoms with Gasteiger partial charge in [-0.15, -0.1) is 0 Å². The van der Waals surface area contributed by atoms with Crippen molar-refractivity contribution in [3.05, 3.63) is 42.0 Å². The van der Waals surface area contributed by atoms with Crippen LogP contribution >= 0.6 is 0 Å². The minimum Gasteiger partial charge on any atom is -0.481 e. The van der Waals surface area contributed by atoms with E-state index in [2.05, 4.69) is 11.4 Å². The maximum Gasteiger partial charge on any atom is 0.307 e. The number of allylic oxidation sites excluding steroid dienone is 2. The summed E-state index contributed by atoms with van der Waals surface area (Å²) in [5.41, 5.74) is 1.83. The fourth-order valence-electron chi connectivity index (χ4n) is 4.62. The number of nitrogens with one attached hydrogen (secondary N) is 1. The Morgan fingerprint density at radius 1 is 1.14 bits per heavy atom. The minimum atomic E-state index is -0.840. The van der Waals surface area contributed by atoms with Gasteiger partial charge in [0.15, 0.2) is 0 Å². The van der Waals surface area contributed by atoms with Gasteiger partial charge in [0.2, 0.25) is 5.91 Å². The minimum absolute atomic E-state index is 0.0302. The van der Waals surface area contributed by atoms with Crippen LogP contribution < -0.4 is 5.32 Å². The first-order valence-corrected chi connectivity index (χ1v) is 7.82. The summed E-state index contributed by atoms with van der Waals surface area (Å²) in [7, 11) is 0. The summed E-state index contributed by atoms with van der Waals surface area (Å²) in [4.78, 5) is 24.5. The topological polar surface area (TPSA) is 66.4 Å². The van der Waals surface area contributed by atoms with E-state index in [1.54, 1.807) is 0 Å². The van der Waals surface area contributed by atoms with Crippen molar-refractivity contribution in [2.45, 2.75) is 19.8 Å². The van der Waals surface area contributed by atoms with Crippen LogP contribution in [0.1, 0.15) is 18.4 Å². The van der Waals surface area contributed by atoms with Gasteiger partial charge in [-0.3, -0.25) is 9.59 Å². The number of hydrogen-bond acceptors (Lipinski definition) is 2. The molecule has 114 valence electrons. The highest BCUT2D eigenvalue weighted by atomic mass is 16.4. The number of aryl methyl sites for hydroxylation is 1. The Hall–Kier alpha value is -2.10. The van der Waals surface area contributed by atoms with Gasteiger partial charge in [-0.25, -0.2) is 0 Å². The molecule has 1 aromatic rings. The molecule has 0 unspecified atom stereocenters. The van der Waals surface area contributed by atoms with Crippen molar-refractivity contribution < 1.29 is 14.7 Å². The van der Waals surface area contributed by atoms with Crippen LogP contribution in [0, 0.1) is 36.0 Å². The molecule has 0 heterocycles. The van der Waals surface area contributed by atoms with Crippen LogP contribution in [0.25, 0.3) is 0 Å². The highest BCUT2D eigenvalue weighted by Crippen LogP contribution is 2.72. The van der Waals surface area contributed by atoms with E-state index in [0.717, 1.165) is 24.1 Å². The predicted octanol–water partition coefficient (Wildman–Crippen LogP) is 2.85. The Morgan fingerprint density at radius 2 is 1.77 bits per heavy atom. The average Bonchev–Trinajstić information content (AvgIpc) is 3.15. The van der Waals surface area contributed by atoms with Crippen molar-refractivity contribution in [1.82, 2.24) is 0 Å². The normalized spacial score (nSPS) is 33.1. The molecule has 4 rings (SSSR count). The lowest BCUT2D eigenvalue weighted by Gasteiger charge is -2.24. The summed E-state index contributed by atoms with van der Waals surface area (Å²) >= 11 is 0. The number of carbonyl (C=O) groups excluding carboxylic acids is 1. The summed E-state index contributed by atoms with van der Waals surface area (Å²) in [6, 6.07) is 7.59. The molecule has 4 nitrogen and oxygen atoms in total. The van der Waals surface area contributed by atoms with E-state index in [1.807, 2.05) is 37.3 Å². The molecule has 4 atom stereocenters. The van der Waals surface area contributed by atoms with Gasteiger partial charge < -0.3 is 10.4 Å². The molecule has 2 saturated carbocycles. The third-order valence-electron chi connectivity index (χ3n) is 5.83. The third kappa shape index (κ3) is 1.70. The summed E-state index contributed by atoms with van der Waals surface area (Å²) in [6.45, 7) is 1.94. The quantitative estimate of drug-likeness (QED) is 0.843. The molecule has 3 aliphatic carbocycles. The number of carboxylic acid groups (broad SMARTS) is 1. The molecule has 0 saturated heterocycles. The molecule has 1 spiro atoms. The van der Waals surface area contributed by atoms with Crippen molar-refractivity contribution in [3.63, 3.8) is 0 Å². The van der Waals surface area contributed by atoms with Crippen LogP contribution in [0.4, 0.5) is 5.69 Å². The van der Waals surface area contributed by atoms with Crippen molar-refractivity contribution in [3.8, 4) is 0 Å². The van der Waals surface area contributed by atoms with E-state index in [9.17, 15) is 14.7 Å². The van der Waals surface area contributed by atoms with Crippen LogP contribution in [-0.2, 0) is 9.59 Å². The Labute approximate surface area is 129 Å². The van der Waals surface area contributed by atoms with Gasteiger partial charge in [-0.05, 0) is 48.6 Å². The molecule has 2 fully saturated rings. The number of hydrogen-bond donors (Lipinski definition) is 2. The van der Waals surface area contributed by atoms with Crippen LogP contribution in [0.2, 0.25) is 0 Å². The number of anilines is 1. The van der Waals surface area contributed by atoms with Crippen molar-refractivity contribution >= 4 is 17.6 Å². The molecule has 22 heavy (non-hydrogen) atoms. The maximum atomic E-state index is 12.8. The largest absolute Gasteiger partial charge is 0.481 e. The zero-order chi connectivity index (χ0) is 15.5. The molecular weight excluding hydrogens is 278 g/mol. The van der Waals surface area contributed by atoms with E-state index in [-0.39, 0.29) is 23.2 Å². The SMILES string of the molecule is Cc1ccccc1NC(=O)[C@H]1[C@@H](C(=O)O)[C@@H]2C=C[C@@H]1C21CC1. The summed E-state index contributed by atoms with van der Waals surface area (Å²) < 4.78 is 0. The van der Waals surface area contributed by atoms with Crippen LogP contribution in [0.15, 0.2) is 36.4 Å². The second-order valence-corrected chi connectivity index (χ2v) is 6.86. The molecule has 3 aliphatic rings. The van der Waals surface area contributed by atoms with Crippen LogP contribution in [-0.4, -0.2) is 17.0 Å². The third-order valence-corrected chi connectivity index (χ3v) is 5.83. The second kappa shape index (κ2) is 4.45. The second-order valence-electron chi connectivity index (χ2n) is 6.86. The molecule has 0 aromatic heterocycles. The number of amides is 1. The first-order chi connectivity index (χ1) is 10.5. The van der Waals surface area contributed by atoms with Crippen LogP contribution in [0.5, 0.6) is 0 Å². The summed E-state index contributed by atoms with van der Waals surface area (Å²) in [5.74, 6) is -1.90. The van der Waals surface area contributed by atoms with Crippen molar-refractivity contribution in [1.29, 1.82) is 0 Å². The number of carbonyl (C=O) groups is 2. The van der Waals surface area contributed by atoms with Crippen molar-refractivity contribution in [2.24, 2.45) is 29.1 Å². The lowest BCUT2D eigenvalue weighted by molar-refractivity contribution is -0.146. The fourth-order valence-corrected chi connectivity index (χ4v) is 4.62. The molecule has 2 bridgehead atoms. The first kappa shape index (κ1) is 13.6. The first-order valence-electron chi connectivity index (χ1n) is 7.82. The van der Waals surface area contributed by atoms with Crippen LogP contribution in [0.3, 0.4) is 0 Å². The van der Waals surface area contributed by atoms with Gasteiger partial charge >= 0.3 is 5.97 Å². The Balaban J connectivity index is 1.64. The van der Waals surface area contributed by atoms with Gasteiger partial charge in [0.05, 0.1) is 11.8 Å². The lowest BCUT2D eigenvalue weighted by Crippen LogP contribution is -2.36.